The van der Waals surface area contributed by atoms with E-state index in [0.717, 1.165) is 15.4 Å². The molecule has 7 nitrogen and oxygen atoms in total. The van der Waals surface area contributed by atoms with Crippen molar-refractivity contribution < 1.29 is 18.0 Å². The smallest absolute Gasteiger partial charge is 0.264 e. The fraction of sp³-hybridized carbons (Fsp3) is 0.212. The Bertz CT molecular complexity index is 1580. The lowest BCUT2D eigenvalue weighted by molar-refractivity contribution is -0.140. The predicted octanol–water partition coefficient (Wildman–Crippen LogP) is 5.70. The SMILES string of the molecule is CC(C)NC(=O)C(Cc1ccccc1)N(Cc1ccccc1)C(=O)CN(c1cccc(Cl)c1)S(=O)(=O)c1ccccc1. The van der Waals surface area contributed by atoms with Gasteiger partial charge in [0.25, 0.3) is 10.0 Å². The minimum Gasteiger partial charge on any atom is -0.352 e. The fourth-order valence-corrected chi connectivity index (χ4v) is 6.21. The molecule has 0 saturated carbocycles. The first-order chi connectivity index (χ1) is 20.1. The number of amides is 2. The third-order valence-electron chi connectivity index (χ3n) is 6.60. The molecule has 42 heavy (non-hydrogen) atoms. The average Bonchev–Trinajstić information content (AvgIpc) is 2.98. The van der Waals surface area contributed by atoms with Crippen molar-refractivity contribution in [2.24, 2.45) is 0 Å². The highest BCUT2D eigenvalue weighted by Crippen LogP contribution is 2.27. The Kier molecular flexibility index (Phi) is 10.4. The summed E-state index contributed by atoms with van der Waals surface area (Å²) in [5.74, 6) is -0.850. The first-order valence-corrected chi connectivity index (χ1v) is 15.5. The van der Waals surface area contributed by atoms with Gasteiger partial charge < -0.3 is 10.2 Å². The Labute approximate surface area is 252 Å². The maximum Gasteiger partial charge on any atom is 0.264 e. The second-order valence-corrected chi connectivity index (χ2v) is 12.5. The van der Waals surface area contributed by atoms with Crippen LogP contribution in [0.1, 0.15) is 25.0 Å². The molecule has 0 saturated heterocycles. The summed E-state index contributed by atoms with van der Waals surface area (Å²) in [4.78, 5) is 29.5. The Morgan fingerprint density at radius 1 is 0.786 bits per heavy atom. The lowest BCUT2D eigenvalue weighted by Crippen LogP contribution is -2.54. The lowest BCUT2D eigenvalue weighted by atomic mass is 10.0. The normalized spacial score (nSPS) is 12.0. The van der Waals surface area contributed by atoms with E-state index in [2.05, 4.69) is 5.32 Å². The van der Waals surface area contributed by atoms with Crippen molar-refractivity contribution in [1.29, 1.82) is 0 Å². The Morgan fingerprint density at radius 3 is 1.93 bits per heavy atom. The van der Waals surface area contributed by atoms with Crippen LogP contribution < -0.4 is 9.62 Å². The highest BCUT2D eigenvalue weighted by Gasteiger charge is 2.34. The minimum atomic E-state index is -4.17. The summed E-state index contributed by atoms with van der Waals surface area (Å²) in [6, 6.07) is 32.0. The molecule has 9 heteroatoms. The van der Waals surface area contributed by atoms with Crippen LogP contribution in [0, 0.1) is 0 Å². The van der Waals surface area contributed by atoms with E-state index in [9.17, 15) is 18.0 Å². The van der Waals surface area contributed by atoms with Crippen LogP contribution in [-0.2, 0) is 32.6 Å². The average molecular weight is 604 g/mol. The Morgan fingerprint density at radius 2 is 1.36 bits per heavy atom. The van der Waals surface area contributed by atoms with Gasteiger partial charge in [0.1, 0.15) is 12.6 Å². The zero-order chi connectivity index (χ0) is 30.1. The highest BCUT2D eigenvalue weighted by molar-refractivity contribution is 7.92. The van der Waals surface area contributed by atoms with Gasteiger partial charge in [-0.25, -0.2) is 8.42 Å². The molecule has 1 unspecified atom stereocenters. The van der Waals surface area contributed by atoms with Crippen LogP contribution >= 0.6 is 11.6 Å². The number of nitrogens with zero attached hydrogens (tertiary/aromatic N) is 2. The molecular weight excluding hydrogens is 570 g/mol. The van der Waals surface area contributed by atoms with E-state index in [1.807, 2.05) is 74.5 Å². The van der Waals surface area contributed by atoms with E-state index in [1.165, 1.54) is 23.1 Å². The van der Waals surface area contributed by atoms with Gasteiger partial charge in [0.05, 0.1) is 10.6 Å². The van der Waals surface area contributed by atoms with Crippen molar-refractivity contribution in [3.63, 3.8) is 0 Å². The Balaban J connectivity index is 1.79. The fourth-order valence-electron chi connectivity index (χ4n) is 4.59. The van der Waals surface area contributed by atoms with E-state index < -0.39 is 28.5 Å². The van der Waals surface area contributed by atoms with Gasteiger partial charge in [-0.05, 0) is 55.3 Å². The van der Waals surface area contributed by atoms with Gasteiger partial charge >= 0.3 is 0 Å². The van der Waals surface area contributed by atoms with Crippen LogP contribution in [0.4, 0.5) is 5.69 Å². The molecule has 1 N–H and O–H groups in total. The molecule has 1 atom stereocenters. The number of nitrogens with one attached hydrogen (secondary N) is 1. The molecule has 4 aromatic rings. The van der Waals surface area contributed by atoms with Crippen LogP contribution in [0.25, 0.3) is 0 Å². The van der Waals surface area contributed by atoms with Gasteiger partial charge in [-0.1, -0.05) is 96.5 Å². The number of halogens is 1. The molecule has 0 bridgehead atoms. The number of hydrogen-bond acceptors (Lipinski definition) is 4. The van der Waals surface area contributed by atoms with E-state index in [4.69, 9.17) is 11.6 Å². The lowest BCUT2D eigenvalue weighted by Gasteiger charge is -2.34. The maximum atomic E-state index is 14.3. The van der Waals surface area contributed by atoms with Crippen molar-refractivity contribution in [1.82, 2.24) is 10.2 Å². The van der Waals surface area contributed by atoms with Crippen molar-refractivity contribution in [3.8, 4) is 0 Å². The van der Waals surface area contributed by atoms with Gasteiger partial charge in [-0.2, -0.15) is 0 Å². The van der Waals surface area contributed by atoms with Crippen molar-refractivity contribution in [3.05, 3.63) is 131 Å². The topological polar surface area (TPSA) is 86.8 Å². The van der Waals surface area contributed by atoms with Crippen LogP contribution in [0.15, 0.2) is 120 Å². The summed E-state index contributed by atoms with van der Waals surface area (Å²) >= 11 is 6.25. The molecule has 4 aromatic carbocycles. The van der Waals surface area contributed by atoms with Crippen LogP contribution in [0.2, 0.25) is 5.02 Å². The van der Waals surface area contributed by atoms with Crippen LogP contribution in [-0.4, -0.2) is 43.8 Å². The zero-order valence-electron chi connectivity index (χ0n) is 23.6. The summed E-state index contributed by atoms with van der Waals surface area (Å²) in [7, 11) is -4.17. The first-order valence-electron chi connectivity index (χ1n) is 13.7. The molecule has 2 amide bonds. The Hall–Kier alpha value is -4.14. The van der Waals surface area contributed by atoms with E-state index >= 15 is 0 Å². The number of sulfonamides is 1. The van der Waals surface area contributed by atoms with Crippen molar-refractivity contribution in [2.75, 3.05) is 10.8 Å². The molecule has 0 aliphatic carbocycles. The second-order valence-electron chi connectivity index (χ2n) is 10.2. The van der Waals surface area contributed by atoms with Gasteiger partial charge in [0.15, 0.2) is 0 Å². The van der Waals surface area contributed by atoms with Crippen molar-refractivity contribution in [2.45, 2.75) is 43.8 Å². The maximum absolute atomic E-state index is 14.3. The number of rotatable bonds is 12. The summed E-state index contributed by atoms with van der Waals surface area (Å²) in [5.41, 5.74) is 1.92. The summed E-state index contributed by atoms with van der Waals surface area (Å²) < 4.78 is 28.9. The molecule has 0 aromatic heterocycles. The second kappa shape index (κ2) is 14.2. The van der Waals surface area contributed by atoms with Crippen molar-refractivity contribution >= 4 is 39.1 Å². The van der Waals surface area contributed by atoms with E-state index in [-0.39, 0.29) is 35.5 Å². The van der Waals surface area contributed by atoms with Crippen LogP contribution in [0.3, 0.4) is 0 Å². The molecular formula is C33H34ClN3O4S. The van der Waals surface area contributed by atoms with Gasteiger partial charge in [0.2, 0.25) is 11.8 Å². The third kappa shape index (κ3) is 7.99. The minimum absolute atomic E-state index is 0.0331. The number of hydrogen-bond donors (Lipinski definition) is 1. The molecule has 0 radical (unpaired) electrons. The monoisotopic (exact) mass is 603 g/mol. The quantitative estimate of drug-likeness (QED) is 0.225. The molecule has 0 aliphatic rings. The summed E-state index contributed by atoms with van der Waals surface area (Å²) in [6.07, 6.45) is 0.251. The third-order valence-corrected chi connectivity index (χ3v) is 8.63. The summed E-state index contributed by atoms with van der Waals surface area (Å²) in [6.45, 7) is 3.28. The zero-order valence-corrected chi connectivity index (χ0v) is 25.1. The molecule has 4 rings (SSSR count). The number of benzene rings is 4. The van der Waals surface area contributed by atoms with E-state index in [0.29, 0.717) is 5.02 Å². The first kappa shape index (κ1) is 30.8. The summed E-state index contributed by atoms with van der Waals surface area (Å²) in [5, 5.41) is 3.28. The number of carbonyl (C=O) groups is 2. The van der Waals surface area contributed by atoms with E-state index in [1.54, 1.807) is 36.4 Å². The largest absolute Gasteiger partial charge is 0.352 e. The standard InChI is InChI=1S/C33H34ClN3O4S/c1-25(2)35-33(39)31(21-26-13-6-3-7-14-26)36(23-27-15-8-4-9-16-27)32(38)24-37(29-18-12-17-28(34)22-29)42(40,41)30-19-10-5-11-20-30/h3-20,22,25,31H,21,23-24H2,1-2H3,(H,35,39). The molecule has 0 fully saturated rings. The molecule has 218 valence electrons. The molecule has 0 spiro atoms. The van der Waals surface area contributed by atoms with Crippen LogP contribution in [0.5, 0.6) is 0 Å². The van der Waals surface area contributed by atoms with Gasteiger partial charge in [-0.15, -0.1) is 0 Å². The molecule has 0 heterocycles. The number of anilines is 1. The highest BCUT2D eigenvalue weighted by atomic mass is 35.5. The van der Waals surface area contributed by atoms with Gasteiger partial charge in [0, 0.05) is 24.0 Å². The van der Waals surface area contributed by atoms with Gasteiger partial charge in [-0.3, -0.25) is 13.9 Å². The predicted molar refractivity (Wildman–Crippen MR) is 167 cm³/mol. The molecule has 0 aliphatic heterocycles. The number of carbonyl (C=O) groups excluding carboxylic acids is 2.